The molecule has 0 saturated heterocycles. The summed E-state index contributed by atoms with van der Waals surface area (Å²) in [7, 11) is 0. The second-order valence-electron chi connectivity index (χ2n) is 4.78. The maximum atomic E-state index is 13.1. The van der Waals surface area contributed by atoms with E-state index < -0.39 is 19.1 Å². The van der Waals surface area contributed by atoms with Gasteiger partial charge >= 0.3 is 6.18 Å². The van der Waals surface area contributed by atoms with Crippen LogP contribution in [0.15, 0.2) is 11.6 Å². The molecular formula is C14H14ClF3O3. The number of aliphatic hydroxyl groups is 1. The van der Waals surface area contributed by atoms with Crippen LogP contribution in [0.1, 0.15) is 16.7 Å². The summed E-state index contributed by atoms with van der Waals surface area (Å²) in [6, 6.07) is 1.58. The monoisotopic (exact) mass is 322 g/mol. The molecule has 1 atom stereocenters. The van der Waals surface area contributed by atoms with E-state index in [1.54, 1.807) is 13.0 Å². The average Bonchev–Trinajstić information content (AvgIpc) is 2.40. The number of halogens is 4. The van der Waals surface area contributed by atoms with Crippen molar-refractivity contribution in [2.75, 3.05) is 13.4 Å². The summed E-state index contributed by atoms with van der Waals surface area (Å²) in [5.41, 5.74) is 2.05. The highest BCUT2D eigenvalue weighted by Crippen LogP contribution is 2.43. The maximum Gasteiger partial charge on any atom is 0.429 e. The first-order valence-corrected chi connectivity index (χ1v) is 6.55. The molecule has 3 nitrogen and oxygen atoms in total. The molecule has 1 unspecified atom stereocenters. The molecule has 0 amide bonds. The van der Waals surface area contributed by atoms with Crippen LogP contribution in [-0.4, -0.2) is 30.8 Å². The Morgan fingerprint density at radius 2 is 2.05 bits per heavy atom. The second-order valence-corrected chi connectivity index (χ2v) is 5.19. The fourth-order valence-electron chi connectivity index (χ4n) is 2.18. The van der Waals surface area contributed by atoms with Gasteiger partial charge in [0.2, 0.25) is 6.10 Å². The molecule has 0 aliphatic carbocycles. The molecule has 1 N–H and O–H groups in total. The SMILES string of the molecule is Cc1cc(Cl)c2c(c1C)C=C(COCO)C(C(F)(F)F)O2. The summed E-state index contributed by atoms with van der Waals surface area (Å²) in [6.07, 6.45) is -5.35. The van der Waals surface area contributed by atoms with E-state index in [-0.39, 0.29) is 23.0 Å². The molecule has 2 rings (SSSR count). The lowest BCUT2D eigenvalue weighted by atomic mass is 9.95. The molecule has 0 fully saturated rings. The zero-order valence-electron chi connectivity index (χ0n) is 11.4. The maximum absolute atomic E-state index is 13.1. The molecule has 116 valence electrons. The molecule has 0 aromatic heterocycles. The Bertz CT molecular complexity index is 582. The molecule has 1 heterocycles. The van der Waals surface area contributed by atoms with E-state index >= 15 is 0 Å². The molecule has 21 heavy (non-hydrogen) atoms. The van der Waals surface area contributed by atoms with E-state index in [4.69, 9.17) is 21.4 Å². The van der Waals surface area contributed by atoms with Crippen LogP contribution in [0.3, 0.4) is 0 Å². The first-order valence-electron chi connectivity index (χ1n) is 6.17. The standard InChI is InChI=1S/C14H14ClF3O3/c1-7-3-11(15)12-10(8(7)2)4-9(5-20-6-19)13(21-12)14(16,17)18/h3-4,13,19H,5-6H2,1-2H3. The van der Waals surface area contributed by atoms with Gasteiger partial charge in [0.25, 0.3) is 0 Å². The Labute approximate surface area is 124 Å². The minimum absolute atomic E-state index is 0.0230. The van der Waals surface area contributed by atoms with Gasteiger partial charge in [0, 0.05) is 11.1 Å². The number of aryl methyl sites for hydroxylation is 1. The predicted molar refractivity (Wildman–Crippen MR) is 72.4 cm³/mol. The summed E-state index contributed by atoms with van der Waals surface area (Å²) in [4.78, 5) is 0. The molecule has 1 aliphatic heterocycles. The Hall–Kier alpha value is -1.24. The number of aliphatic hydroxyl groups excluding tert-OH is 1. The lowest BCUT2D eigenvalue weighted by molar-refractivity contribution is -0.186. The van der Waals surface area contributed by atoms with E-state index in [2.05, 4.69) is 4.74 Å². The second kappa shape index (κ2) is 5.87. The number of ether oxygens (including phenoxy) is 2. The van der Waals surface area contributed by atoms with E-state index in [0.717, 1.165) is 11.1 Å². The highest BCUT2D eigenvalue weighted by atomic mass is 35.5. The predicted octanol–water partition coefficient (Wildman–Crippen LogP) is 3.63. The van der Waals surface area contributed by atoms with Gasteiger partial charge in [-0.25, -0.2) is 0 Å². The number of hydrogen-bond donors (Lipinski definition) is 1. The topological polar surface area (TPSA) is 38.7 Å². The van der Waals surface area contributed by atoms with Crippen molar-refractivity contribution in [1.82, 2.24) is 0 Å². The molecule has 1 aromatic carbocycles. The van der Waals surface area contributed by atoms with Crippen LogP contribution in [0.4, 0.5) is 13.2 Å². The fraction of sp³-hybridized carbons (Fsp3) is 0.429. The van der Waals surface area contributed by atoms with Gasteiger partial charge < -0.3 is 14.6 Å². The van der Waals surface area contributed by atoms with E-state index in [9.17, 15) is 13.2 Å². The van der Waals surface area contributed by atoms with Gasteiger partial charge in [-0.05, 0) is 37.1 Å². The van der Waals surface area contributed by atoms with Crippen LogP contribution in [0.2, 0.25) is 5.02 Å². The van der Waals surface area contributed by atoms with Gasteiger partial charge in [0.15, 0.2) is 0 Å². The normalized spacial score (nSPS) is 18.0. The summed E-state index contributed by atoms with van der Waals surface area (Å²) in [5.74, 6) is 0.0230. The van der Waals surface area contributed by atoms with Crippen LogP contribution < -0.4 is 4.74 Å². The molecule has 0 bridgehead atoms. The van der Waals surface area contributed by atoms with Crippen molar-refractivity contribution in [2.24, 2.45) is 0 Å². The summed E-state index contributed by atoms with van der Waals surface area (Å²) >= 11 is 5.99. The van der Waals surface area contributed by atoms with Crippen molar-refractivity contribution in [3.63, 3.8) is 0 Å². The first kappa shape index (κ1) is 16.1. The van der Waals surface area contributed by atoms with Gasteiger partial charge in [0.1, 0.15) is 12.5 Å². The molecule has 1 aromatic rings. The number of rotatable bonds is 3. The Balaban J connectivity index is 2.54. The number of fused-ring (bicyclic) bond motifs is 1. The quantitative estimate of drug-likeness (QED) is 0.864. The van der Waals surface area contributed by atoms with Gasteiger partial charge in [-0.1, -0.05) is 11.6 Å². The summed E-state index contributed by atoms with van der Waals surface area (Å²) < 4.78 is 49.1. The highest BCUT2D eigenvalue weighted by molar-refractivity contribution is 6.32. The van der Waals surface area contributed by atoms with Gasteiger partial charge in [-0.2, -0.15) is 13.2 Å². The van der Waals surface area contributed by atoms with Crippen molar-refractivity contribution in [1.29, 1.82) is 0 Å². The smallest absolute Gasteiger partial charge is 0.429 e. The van der Waals surface area contributed by atoms with E-state index in [1.165, 1.54) is 6.08 Å². The lowest BCUT2D eigenvalue weighted by Gasteiger charge is -2.30. The fourth-order valence-corrected chi connectivity index (χ4v) is 2.49. The van der Waals surface area contributed by atoms with Gasteiger partial charge in [0.05, 0.1) is 11.6 Å². The van der Waals surface area contributed by atoms with Crippen molar-refractivity contribution < 1.29 is 27.8 Å². The van der Waals surface area contributed by atoms with Crippen molar-refractivity contribution >= 4 is 17.7 Å². The zero-order valence-corrected chi connectivity index (χ0v) is 12.2. The summed E-state index contributed by atoms with van der Waals surface area (Å²) in [5, 5.41) is 8.77. The third kappa shape index (κ3) is 3.17. The highest BCUT2D eigenvalue weighted by Gasteiger charge is 2.46. The van der Waals surface area contributed by atoms with Crippen LogP contribution in [0.5, 0.6) is 5.75 Å². The van der Waals surface area contributed by atoms with Crippen LogP contribution in [0.25, 0.3) is 6.08 Å². The van der Waals surface area contributed by atoms with Crippen molar-refractivity contribution in [2.45, 2.75) is 26.1 Å². The summed E-state index contributed by atoms with van der Waals surface area (Å²) in [6.45, 7) is 2.56. The average molecular weight is 323 g/mol. The van der Waals surface area contributed by atoms with Crippen molar-refractivity contribution in [3.8, 4) is 5.75 Å². The molecular weight excluding hydrogens is 309 g/mol. The molecule has 7 heteroatoms. The van der Waals surface area contributed by atoms with E-state index in [0.29, 0.717) is 5.56 Å². The van der Waals surface area contributed by atoms with Gasteiger partial charge in [-0.3, -0.25) is 0 Å². The minimum atomic E-state index is -4.59. The number of alkyl halides is 3. The number of benzene rings is 1. The minimum Gasteiger partial charge on any atom is -0.474 e. The molecule has 1 aliphatic rings. The molecule has 0 spiro atoms. The third-order valence-corrected chi connectivity index (χ3v) is 3.64. The number of hydrogen-bond acceptors (Lipinski definition) is 3. The van der Waals surface area contributed by atoms with Crippen LogP contribution in [-0.2, 0) is 4.74 Å². The van der Waals surface area contributed by atoms with E-state index in [1.807, 2.05) is 6.92 Å². The lowest BCUT2D eigenvalue weighted by Crippen LogP contribution is -2.39. The molecule has 0 saturated carbocycles. The Morgan fingerprint density at radius 3 is 2.62 bits per heavy atom. The first-order chi connectivity index (χ1) is 9.75. The van der Waals surface area contributed by atoms with Crippen LogP contribution >= 0.6 is 11.6 Å². The largest absolute Gasteiger partial charge is 0.474 e. The van der Waals surface area contributed by atoms with Gasteiger partial charge in [-0.15, -0.1) is 0 Å². The molecule has 0 radical (unpaired) electrons. The zero-order chi connectivity index (χ0) is 15.8. The Morgan fingerprint density at radius 1 is 1.38 bits per heavy atom. The van der Waals surface area contributed by atoms with Crippen molar-refractivity contribution in [3.05, 3.63) is 33.4 Å². The third-order valence-electron chi connectivity index (χ3n) is 3.36. The van der Waals surface area contributed by atoms with Crippen LogP contribution in [0, 0.1) is 13.8 Å². The Kier molecular flexibility index (Phi) is 4.51.